The summed E-state index contributed by atoms with van der Waals surface area (Å²) in [6.07, 6.45) is 0.193. The van der Waals surface area contributed by atoms with Crippen molar-refractivity contribution >= 4 is 62.3 Å². The minimum absolute atomic E-state index is 0.0142. The summed E-state index contributed by atoms with van der Waals surface area (Å²) in [5, 5.41) is 3.71. The smallest absolute Gasteiger partial charge is 0.264 e. The van der Waals surface area contributed by atoms with Gasteiger partial charge in [0.05, 0.1) is 20.6 Å². The zero-order valence-corrected chi connectivity index (χ0v) is 26.6. The highest BCUT2D eigenvalue weighted by atomic mass is 35.5. The third kappa shape index (κ3) is 7.89. The Kier molecular flexibility index (Phi) is 10.7. The first-order chi connectivity index (χ1) is 20.5. The molecule has 0 aromatic heterocycles. The minimum Gasteiger partial charge on any atom is -0.357 e. The van der Waals surface area contributed by atoms with Crippen LogP contribution in [-0.2, 0) is 32.6 Å². The van der Waals surface area contributed by atoms with Crippen molar-refractivity contribution in [2.24, 2.45) is 0 Å². The molecule has 0 heterocycles. The first-order valence-electron chi connectivity index (χ1n) is 13.3. The highest BCUT2D eigenvalue weighted by Crippen LogP contribution is 2.30. The molecule has 0 bridgehead atoms. The lowest BCUT2D eigenvalue weighted by molar-refractivity contribution is -0.139. The van der Waals surface area contributed by atoms with E-state index in [1.807, 2.05) is 30.3 Å². The van der Waals surface area contributed by atoms with Crippen LogP contribution in [0.15, 0.2) is 102 Å². The fourth-order valence-electron chi connectivity index (χ4n) is 4.69. The van der Waals surface area contributed by atoms with E-state index in [0.29, 0.717) is 21.2 Å². The summed E-state index contributed by atoms with van der Waals surface area (Å²) in [4.78, 5) is 29.1. The number of aryl methyl sites for hydroxylation is 1. The van der Waals surface area contributed by atoms with Crippen molar-refractivity contribution in [1.29, 1.82) is 0 Å². The molecule has 2 amide bonds. The molecule has 0 fully saturated rings. The van der Waals surface area contributed by atoms with E-state index in [4.69, 9.17) is 34.8 Å². The molecule has 1 N–H and O–H groups in total. The number of rotatable bonds is 11. The lowest BCUT2D eigenvalue weighted by atomic mass is 10.0. The molecule has 4 aromatic carbocycles. The average Bonchev–Trinajstić information content (AvgIpc) is 3.00. The molecule has 1 atom stereocenters. The van der Waals surface area contributed by atoms with Gasteiger partial charge in [-0.15, -0.1) is 0 Å². The Morgan fingerprint density at radius 1 is 0.814 bits per heavy atom. The van der Waals surface area contributed by atoms with Crippen molar-refractivity contribution in [3.05, 3.63) is 129 Å². The van der Waals surface area contributed by atoms with Crippen molar-refractivity contribution in [1.82, 2.24) is 10.2 Å². The molecule has 0 aliphatic carbocycles. The van der Waals surface area contributed by atoms with Gasteiger partial charge >= 0.3 is 0 Å². The van der Waals surface area contributed by atoms with E-state index in [0.717, 1.165) is 9.87 Å². The number of nitrogens with zero attached hydrogens (tertiary/aromatic N) is 2. The molecule has 0 unspecified atom stereocenters. The Labute approximate surface area is 267 Å². The van der Waals surface area contributed by atoms with Gasteiger partial charge in [0.25, 0.3) is 10.0 Å². The number of carbonyl (C=O) groups is 2. The maximum absolute atomic E-state index is 14.3. The van der Waals surface area contributed by atoms with Crippen molar-refractivity contribution in [3.63, 3.8) is 0 Å². The van der Waals surface area contributed by atoms with E-state index in [9.17, 15) is 18.0 Å². The zero-order valence-electron chi connectivity index (χ0n) is 23.5. The van der Waals surface area contributed by atoms with Gasteiger partial charge in [0.1, 0.15) is 12.6 Å². The first-order valence-corrected chi connectivity index (χ1v) is 15.9. The number of benzene rings is 4. The van der Waals surface area contributed by atoms with Gasteiger partial charge in [-0.1, -0.05) is 89.4 Å². The predicted molar refractivity (Wildman–Crippen MR) is 172 cm³/mol. The number of carbonyl (C=O) groups excluding carboxylic acids is 2. The van der Waals surface area contributed by atoms with Crippen LogP contribution in [0.3, 0.4) is 0 Å². The van der Waals surface area contributed by atoms with Crippen molar-refractivity contribution in [3.8, 4) is 0 Å². The van der Waals surface area contributed by atoms with Crippen molar-refractivity contribution in [2.75, 3.05) is 17.9 Å². The van der Waals surface area contributed by atoms with E-state index in [1.54, 1.807) is 61.5 Å². The third-order valence-electron chi connectivity index (χ3n) is 6.89. The maximum Gasteiger partial charge on any atom is 0.264 e. The number of amides is 2. The van der Waals surface area contributed by atoms with Crippen LogP contribution in [0.2, 0.25) is 15.1 Å². The van der Waals surface area contributed by atoms with Gasteiger partial charge in [-0.3, -0.25) is 13.9 Å². The second kappa shape index (κ2) is 14.3. The molecule has 0 aliphatic heterocycles. The normalized spacial score (nSPS) is 11.9. The van der Waals surface area contributed by atoms with Gasteiger partial charge in [-0.05, 0) is 66.1 Å². The maximum atomic E-state index is 14.3. The highest BCUT2D eigenvalue weighted by molar-refractivity contribution is 7.92. The van der Waals surface area contributed by atoms with Crippen molar-refractivity contribution in [2.45, 2.75) is 30.8 Å². The lowest BCUT2D eigenvalue weighted by Gasteiger charge is -2.34. The summed E-state index contributed by atoms with van der Waals surface area (Å²) < 4.78 is 29.1. The number of sulfonamides is 1. The number of likely N-dealkylation sites (N-methyl/N-ethyl adjacent to an activating group) is 1. The monoisotopic (exact) mass is 657 g/mol. The topological polar surface area (TPSA) is 86.8 Å². The van der Waals surface area contributed by atoms with E-state index < -0.39 is 34.4 Å². The molecule has 0 saturated carbocycles. The lowest BCUT2D eigenvalue weighted by Crippen LogP contribution is -2.53. The SMILES string of the molecule is CNC(=O)[C@H](Cc1ccccc1)N(Cc1ccc(Cl)c(Cl)c1)C(=O)CN(c1ccc(Cl)cc1C)S(=O)(=O)c1ccccc1. The number of halogens is 3. The number of nitrogens with one attached hydrogen (secondary N) is 1. The molecule has 43 heavy (non-hydrogen) atoms. The number of anilines is 1. The van der Waals surface area contributed by atoms with Crippen molar-refractivity contribution < 1.29 is 18.0 Å². The minimum atomic E-state index is -4.21. The Balaban J connectivity index is 1.82. The van der Waals surface area contributed by atoms with E-state index in [-0.39, 0.29) is 28.6 Å². The van der Waals surface area contributed by atoms with E-state index in [1.165, 1.54) is 24.1 Å². The standard InChI is InChI=1S/C32H30Cl3N3O4S/c1-22-17-25(33)14-16-29(22)38(43(41,42)26-11-7-4-8-12-26)21-31(39)37(20-24-13-15-27(34)28(35)18-24)30(32(40)36-2)19-23-9-5-3-6-10-23/h3-18,30H,19-21H2,1-2H3,(H,36,40)/t30-/m0/s1. The van der Waals surface area contributed by atoms with Gasteiger partial charge in [-0.2, -0.15) is 0 Å². The summed E-state index contributed by atoms with van der Waals surface area (Å²) in [6.45, 7) is 1.11. The Hall–Kier alpha value is -3.56. The van der Waals surface area contributed by atoms with Gasteiger partial charge in [0.2, 0.25) is 11.8 Å². The second-order valence-corrected chi connectivity index (χ2v) is 13.0. The summed E-state index contributed by atoms with van der Waals surface area (Å²) in [7, 11) is -2.72. The Morgan fingerprint density at radius 3 is 2.07 bits per heavy atom. The third-order valence-corrected chi connectivity index (χ3v) is 9.64. The quantitative estimate of drug-likeness (QED) is 0.198. The van der Waals surface area contributed by atoms with Crippen LogP contribution < -0.4 is 9.62 Å². The van der Waals surface area contributed by atoms with Crippen LogP contribution in [0.5, 0.6) is 0 Å². The molecular formula is C32H30Cl3N3O4S. The predicted octanol–water partition coefficient (Wildman–Crippen LogP) is 6.54. The van der Waals surface area contributed by atoms with Crippen LogP contribution >= 0.6 is 34.8 Å². The number of hydrogen-bond acceptors (Lipinski definition) is 4. The molecule has 0 saturated heterocycles. The van der Waals surface area contributed by atoms with Crippen LogP contribution in [0.1, 0.15) is 16.7 Å². The molecule has 4 rings (SSSR count). The van der Waals surface area contributed by atoms with Gasteiger partial charge in [0.15, 0.2) is 0 Å². The average molecular weight is 659 g/mol. The summed E-state index contributed by atoms with van der Waals surface area (Å²) in [6, 6.07) is 25.9. The number of hydrogen-bond donors (Lipinski definition) is 1. The molecule has 224 valence electrons. The Bertz CT molecular complexity index is 1700. The summed E-state index contributed by atoms with van der Waals surface area (Å²) in [5.41, 5.74) is 2.29. The summed E-state index contributed by atoms with van der Waals surface area (Å²) >= 11 is 18.6. The largest absolute Gasteiger partial charge is 0.357 e. The highest BCUT2D eigenvalue weighted by Gasteiger charge is 2.34. The fourth-order valence-corrected chi connectivity index (χ4v) is 6.73. The molecule has 0 spiro atoms. The fraction of sp³-hybridized carbons (Fsp3) is 0.188. The van der Waals surface area contributed by atoms with E-state index in [2.05, 4.69) is 5.32 Å². The molecule has 0 aliphatic rings. The zero-order chi connectivity index (χ0) is 31.1. The molecular weight excluding hydrogens is 629 g/mol. The summed E-state index contributed by atoms with van der Waals surface area (Å²) in [5.74, 6) is -0.998. The van der Waals surface area contributed by atoms with E-state index >= 15 is 0 Å². The van der Waals surface area contributed by atoms with Crippen LogP contribution in [0, 0.1) is 6.92 Å². The molecule has 4 aromatic rings. The van der Waals surface area contributed by atoms with Crippen LogP contribution in [0.4, 0.5) is 5.69 Å². The van der Waals surface area contributed by atoms with Crippen LogP contribution in [0.25, 0.3) is 0 Å². The molecule has 0 radical (unpaired) electrons. The molecule has 7 nitrogen and oxygen atoms in total. The Morgan fingerprint density at radius 2 is 1.47 bits per heavy atom. The van der Waals surface area contributed by atoms with Gasteiger partial charge in [-0.25, -0.2) is 8.42 Å². The second-order valence-electron chi connectivity index (χ2n) is 9.85. The van der Waals surface area contributed by atoms with Gasteiger partial charge < -0.3 is 10.2 Å². The first kappa shape index (κ1) is 32.4. The van der Waals surface area contributed by atoms with Crippen LogP contribution in [-0.4, -0.2) is 44.8 Å². The van der Waals surface area contributed by atoms with Gasteiger partial charge in [0, 0.05) is 25.0 Å². The molecule has 11 heteroatoms.